The number of hydrazine groups is 2. The molecule has 1 amide bonds. The lowest BCUT2D eigenvalue weighted by Gasteiger charge is -2.32. The van der Waals surface area contributed by atoms with Gasteiger partial charge in [-0.3, -0.25) is 4.98 Å². The van der Waals surface area contributed by atoms with E-state index in [1.165, 1.54) is 16.0 Å². The second-order valence-electron chi connectivity index (χ2n) is 9.58. The van der Waals surface area contributed by atoms with Gasteiger partial charge in [-0.05, 0) is 59.9 Å². The standard InChI is InChI=1S/C32H29N5O2S.ClH/c1-2-39-32(38)37(34)36(24-14-12-22(13-15-24)21-8-4-3-5-9-21)30-19-35-20-31-28(30)18-25(40-31)17-27-26-11-7-6-10-23(26)16-29(27)33;/h3-16,18-20,27H,2,17,33-34H2,1H3;1H. The van der Waals surface area contributed by atoms with E-state index in [2.05, 4.69) is 47.5 Å². The third-order valence-electron chi connectivity index (χ3n) is 7.10. The molecule has 7 nitrogen and oxygen atoms in total. The number of anilines is 2. The molecular weight excluding hydrogens is 554 g/mol. The van der Waals surface area contributed by atoms with Gasteiger partial charge in [0.25, 0.3) is 0 Å². The zero-order valence-electron chi connectivity index (χ0n) is 22.4. The normalized spacial score (nSPS) is 13.7. The number of amides is 1. The van der Waals surface area contributed by atoms with Gasteiger partial charge in [0.05, 0.1) is 28.9 Å². The van der Waals surface area contributed by atoms with Crippen LogP contribution in [-0.4, -0.2) is 22.8 Å². The van der Waals surface area contributed by atoms with Crippen LogP contribution in [0.1, 0.15) is 28.8 Å². The fraction of sp³-hybridized carbons (Fsp3) is 0.125. The SMILES string of the molecule is CCOC(=O)N(N)N(c1ccc(-c2ccccc2)cc1)c1cncc2sc(CC3C(N)=Cc4ccccc43)cc12.Cl. The van der Waals surface area contributed by atoms with E-state index >= 15 is 0 Å². The van der Waals surface area contributed by atoms with E-state index in [0.29, 0.717) is 11.4 Å². The number of pyridine rings is 1. The summed E-state index contributed by atoms with van der Waals surface area (Å²) in [4.78, 5) is 18.5. The molecule has 1 unspecified atom stereocenters. The molecule has 2 aromatic heterocycles. The van der Waals surface area contributed by atoms with Crippen molar-refractivity contribution in [3.63, 3.8) is 0 Å². The summed E-state index contributed by atoms with van der Waals surface area (Å²) >= 11 is 1.67. The lowest BCUT2D eigenvalue weighted by atomic mass is 9.95. The molecule has 6 rings (SSSR count). The van der Waals surface area contributed by atoms with Crippen LogP contribution in [0.5, 0.6) is 0 Å². The number of carbonyl (C=O) groups excluding carboxylic acids is 1. The van der Waals surface area contributed by atoms with Crippen molar-refractivity contribution in [3.05, 3.63) is 119 Å². The zero-order chi connectivity index (χ0) is 27.6. The Hall–Kier alpha value is -4.37. The molecule has 4 N–H and O–H groups in total. The van der Waals surface area contributed by atoms with Crippen LogP contribution < -0.4 is 16.6 Å². The second-order valence-corrected chi connectivity index (χ2v) is 10.7. The molecule has 0 saturated heterocycles. The topological polar surface area (TPSA) is 97.7 Å². The Labute approximate surface area is 249 Å². The summed E-state index contributed by atoms with van der Waals surface area (Å²) in [5.41, 5.74) is 13.3. The fourth-order valence-electron chi connectivity index (χ4n) is 5.19. The van der Waals surface area contributed by atoms with Gasteiger partial charge in [-0.15, -0.1) is 28.9 Å². The molecule has 1 atom stereocenters. The molecule has 1 aliphatic rings. The van der Waals surface area contributed by atoms with Crippen molar-refractivity contribution in [1.82, 2.24) is 10.1 Å². The number of hydrogen-bond acceptors (Lipinski definition) is 7. The van der Waals surface area contributed by atoms with Crippen LogP contribution in [-0.2, 0) is 11.2 Å². The summed E-state index contributed by atoms with van der Waals surface area (Å²) in [5, 5.41) is 3.59. The molecular formula is C32H30ClN5O2S. The first-order chi connectivity index (χ1) is 19.5. The number of ether oxygens (including phenoxy) is 1. The van der Waals surface area contributed by atoms with Gasteiger partial charge in [-0.1, -0.05) is 66.7 Å². The van der Waals surface area contributed by atoms with Gasteiger partial charge in [0.15, 0.2) is 0 Å². The smallest absolute Gasteiger partial charge is 0.444 e. The summed E-state index contributed by atoms with van der Waals surface area (Å²) in [6.07, 6.45) is 5.74. The van der Waals surface area contributed by atoms with Crippen LogP contribution in [0.2, 0.25) is 0 Å². The van der Waals surface area contributed by atoms with E-state index in [0.717, 1.165) is 38.4 Å². The molecule has 0 fully saturated rings. The largest absolute Gasteiger partial charge is 0.448 e. The van der Waals surface area contributed by atoms with Gasteiger partial charge in [0, 0.05) is 28.1 Å². The van der Waals surface area contributed by atoms with Crippen molar-refractivity contribution in [2.75, 3.05) is 11.6 Å². The van der Waals surface area contributed by atoms with Gasteiger partial charge in [-0.2, -0.15) is 0 Å². The molecule has 208 valence electrons. The first-order valence-corrected chi connectivity index (χ1v) is 13.9. The number of halogens is 1. The molecule has 3 aromatic carbocycles. The van der Waals surface area contributed by atoms with Gasteiger partial charge < -0.3 is 10.5 Å². The highest BCUT2D eigenvalue weighted by Crippen LogP contribution is 2.41. The number of hydrogen-bond donors (Lipinski definition) is 2. The highest BCUT2D eigenvalue weighted by atomic mass is 35.5. The number of nitrogens with zero attached hydrogens (tertiary/aromatic N) is 3. The Bertz CT molecular complexity index is 1700. The predicted octanol–water partition coefficient (Wildman–Crippen LogP) is 7.41. The first-order valence-electron chi connectivity index (χ1n) is 13.1. The molecule has 0 radical (unpaired) electrons. The van der Waals surface area contributed by atoms with Crippen LogP contribution in [0.4, 0.5) is 16.2 Å². The third kappa shape index (κ3) is 5.50. The molecule has 9 heteroatoms. The molecule has 0 aliphatic heterocycles. The summed E-state index contributed by atoms with van der Waals surface area (Å²) in [6, 6.07) is 28.5. The van der Waals surface area contributed by atoms with E-state index in [9.17, 15) is 4.79 Å². The Morgan fingerprint density at radius 3 is 2.44 bits per heavy atom. The van der Waals surface area contributed by atoms with Crippen molar-refractivity contribution in [2.45, 2.75) is 19.3 Å². The molecule has 41 heavy (non-hydrogen) atoms. The highest BCUT2D eigenvalue weighted by Gasteiger charge is 2.27. The number of rotatable bonds is 7. The molecule has 2 heterocycles. The van der Waals surface area contributed by atoms with Crippen LogP contribution in [0.15, 0.2) is 103 Å². The van der Waals surface area contributed by atoms with Gasteiger partial charge in [-0.25, -0.2) is 15.6 Å². The number of allylic oxidation sites excluding steroid dienone is 1. The van der Waals surface area contributed by atoms with Crippen LogP contribution >= 0.6 is 23.7 Å². The number of benzene rings is 3. The molecule has 0 bridgehead atoms. The minimum absolute atomic E-state index is 0. The maximum atomic E-state index is 12.8. The Morgan fingerprint density at radius 2 is 1.68 bits per heavy atom. The average molecular weight is 584 g/mol. The maximum Gasteiger partial charge on any atom is 0.444 e. The summed E-state index contributed by atoms with van der Waals surface area (Å²) in [6.45, 7) is 1.95. The van der Waals surface area contributed by atoms with E-state index in [1.807, 2.05) is 54.7 Å². The number of carbonyl (C=O) groups is 1. The fourth-order valence-corrected chi connectivity index (χ4v) is 6.29. The van der Waals surface area contributed by atoms with E-state index in [4.69, 9.17) is 16.3 Å². The first kappa shape index (κ1) is 28.2. The van der Waals surface area contributed by atoms with Crippen molar-refractivity contribution < 1.29 is 9.53 Å². The summed E-state index contributed by atoms with van der Waals surface area (Å²) < 4.78 is 6.24. The molecule has 0 saturated carbocycles. The number of nitrogens with two attached hydrogens (primary N) is 2. The maximum absolute atomic E-state index is 12.8. The minimum atomic E-state index is -0.664. The van der Waals surface area contributed by atoms with Crippen molar-refractivity contribution in [3.8, 4) is 11.1 Å². The van der Waals surface area contributed by atoms with Gasteiger partial charge in [0.1, 0.15) is 0 Å². The van der Waals surface area contributed by atoms with Crippen LogP contribution in [0, 0.1) is 0 Å². The number of thiophene rings is 1. The molecule has 1 aliphatic carbocycles. The van der Waals surface area contributed by atoms with Crippen LogP contribution in [0.25, 0.3) is 27.3 Å². The van der Waals surface area contributed by atoms with E-state index in [1.54, 1.807) is 29.5 Å². The van der Waals surface area contributed by atoms with E-state index < -0.39 is 6.09 Å². The monoisotopic (exact) mass is 583 g/mol. The zero-order valence-corrected chi connectivity index (χ0v) is 24.1. The molecule has 5 aromatic rings. The lowest BCUT2D eigenvalue weighted by Crippen LogP contribution is -2.49. The van der Waals surface area contributed by atoms with E-state index in [-0.39, 0.29) is 24.9 Å². The molecule has 0 spiro atoms. The Kier molecular flexibility index (Phi) is 8.26. The quantitative estimate of drug-likeness (QED) is 0.118. The second kappa shape index (κ2) is 12.0. The van der Waals surface area contributed by atoms with Crippen molar-refractivity contribution in [1.29, 1.82) is 0 Å². The van der Waals surface area contributed by atoms with Crippen LogP contribution in [0.3, 0.4) is 0 Å². The van der Waals surface area contributed by atoms with Crippen molar-refractivity contribution >= 4 is 57.4 Å². The Balaban J connectivity index is 0.00000337. The minimum Gasteiger partial charge on any atom is -0.448 e. The Morgan fingerprint density at radius 1 is 0.976 bits per heavy atom. The number of fused-ring (bicyclic) bond motifs is 2. The van der Waals surface area contributed by atoms with Gasteiger partial charge in [0.2, 0.25) is 0 Å². The van der Waals surface area contributed by atoms with Crippen molar-refractivity contribution in [2.24, 2.45) is 11.6 Å². The average Bonchev–Trinajstić information content (AvgIpc) is 3.54. The summed E-state index contributed by atoms with van der Waals surface area (Å²) in [5.74, 6) is 6.52. The lowest BCUT2D eigenvalue weighted by molar-refractivity contribution is 0.107. The highest BCUT2D eigenvalue weighted by molar-refractivity contribution is 7.19. The predicted molar refractivity (Wildman–Crippen MR) is 169 cm³/mol. The third-order valence-corrected chi connectivity index (χ3v) is 8.19. The van der Waals surface area contributed by atoms with Gasteiger partial charge >= 0.3 is 6.09 Å². The number of aromatic nitrogens is 1. The summed E-state index contributed by atoms with van der Waals surface area (Å²) in [7, 11) is 0.